The lowest BCUT2D eigenvalue weighted by Gasteiger charge is -2.23. The molecule has 1 amide bonds. The van der Waals surface area contributed by atoms with E-state index in [0.717, 1.165) is 7.11 Å². The van der Waals surface area contributed by atoms with Crippen molar-refractivity contribution in [3.8, 4) is 0 Å². The quantitative estimate of drug-likeness (QED) is 0.599. The average molecular weight is 251 g/mol. The van der Waals surface area contributed by atoms with Crippen LogP contribution in [0.25, 0.3) is 0 Å². The average Bonchev–Trinajstić information content (AvgIpc) is 2.16. The number of amides is 1. The molecule has 1 atom stereocenters. The maximum atomic E-state index is 12.5. The number of hydrogen-bond donors (Lipinski definition) is 1. The molecule has 0 aromatic carbocycles. The van der Waals surface area contributed by atoms with Crippen LogP contribution in [0.2, 0.25) is 0 Å². The molecule has 0 saturated carbocycles. The normalized spacial score (nSPS) is 14.4. The van der Waals surface area contributed by atoms with Crippen molar-refractivity contribution < 1.29 is 36.2 Å². The zero-order valence-corrected chi connectivity index (χ0v) is 8.40. The van der Waals surface area contributed by atoms with Crippen molar-refractivity contribution in [2.24, 2.45) is 0 Å². The van der Waals surface area contributed by atoms with Crippen LogP contribution in [0.15, 0.2) is 0 Å². The zero-order chi connectivity index (χ0) is 13.0. The maximum absolute atomic E-state index is 12.5. The summed E-state index contributed by atoms with van der Waals surface area (Å²) >= 11 is 0. The molecule has 0 aliphatic carbocycles. The Hall–Kier alpha value is -1.12. The van der Waals surface area contributed by atoms with Crippen molar-refractivity contribution in [2.45, 2.75) is 25.2 Å². The molecule has 0 aliphatic heterocycles. The summed E-state index contributed by atoms with van der Waals surface area (Å²) in [6.45, 7) is -1.40. The Balaban J connectivity index is 4.42. The minimum absolute atomic E-state index is 1.01. The lowest BCUT2D eigenvalue weighted by atomic mass is 10.3. The first-order valence-electron chi connectivity index (χ1n) is 4.00. The van der Waals surface area contributed by atoms with Gasteiger partial charge in [-0.25, -0.2) is 9.18 Å². The van der Waals surface area contributed by atoms with Gasteiger partial charge in [-0.05, 0) is 6.92 Å². The molecule has 0 aromatic rings. The summed E-state index contributed by atoms with van der Waals surface area (Å²) in [5.41, 5.74) is 0. The van der Waals surface area contributed by atoms with Gasteiger partial charge in [0.2, 0.25) is 0 Å². The van der Waals surface area contributed by atoms with E-state index in [-0.39, 0.29) is 0 Å². The van der Waals surface area contributed by atoms with Crippen LogP contribution in [0.5, 0.6) is 0 Å². The lowest BCUT2D eigenvalue weighted by molar-refractivity contribution is -0.324. The van der Waals surface area contributed by atoms with Gasteiger partial charge in [-0.1, -0.05) is 0 Å². The molecule has 0 fully saturated rings. The van der Waals surface area contributed by atoms with E-state index < -0.39 is 31.0 Å². The van der Waals surface area contributed by atoms with Crippen LogP contribution in [0.4, 0.5) is 26.7 Å². The van der Waals surface area contributed by atoms with E-state index in [2.05, 4.69) is 9.47 Å². The smallest absolute Gasteiger partial charge is 0.379 e. The van der Waals surface area contributed by atoms with Crippen LogP contribution in [-0.4, -0.2) is 38.1 Å². The molecule has 0 heterocycles. The summed E-state index contributed by atoms with van der Waals surface area (Å²) in [7, 11) is 1.14. The maximum Gasteiger partial charge on any atom is 0.470 e. The van der Waals surface area contributed by atoms with Crippen LogP contribution in [0.1, 0.15) is 6.92 Å². The highest BCUT2D eigenvalue weighted by Gasteiger charge is 2.60. The molecule has 0 bridgehead atoms. The van der Waals surface area contributed by atoms with Crippen molar-refractivity contribution in [1.29, 1.82) is 0 Å². The minimum atomic E-state index is -5.22. The molecule has 4 nitrogen and oxygen atoms in total. The number of halogens is 5. The Bertz CT molecular complexity index is 248. The number of carbonyl (C=O) groups is 1. The van der Waals surface area contributed by atoms with Gasteiger partial charge in [-0.3, -0.25) is 5.32 Å². The Kier molecular flexibility index (Phi) is 4.91. The largest absolute Gasteiger partial charge is 0.470 e. The first-order valence-corrected chi connectivity index (χ1v) is 4.00. The molecule has 16 heavy (non-hydrogen) atoms. The predicted octanol–water partition coefficient (Wildman–Crippen LogP) is 1.90. The fraction of sp³-hybridized carbons (Fsp3) is 0.857. The second kappa shape index (κ2) is 5.28. The first-order chi connectivity index (χ1) is 7.16. The first kappa shape index (κ1) is 14.9. The summed E-state index contributed by atoms with van der Waals surface area (Å²) < 4.78 is 68.6. The Labute approximate surface area is 87.7 Å². The third-order valence-corrected chi connectivity index (χ3v) is 1.49. The summed E-state index contributed by atoms with van der Waals surface area (Å²) in [5, 5.41) is 1.66. The van der Waals surface area contributed by atoms with Crippen molar-refractivity contribution in [2.75, 3.05) is 13.8 Å². The number of hydrogen-bond acceptors (Lipinski definition) is 3. The SMILES string of the molecule is COC(C)NC(=O)OC(F)(F)C(F)(F)CF. The van der Waals surface area contributed by atoms with E-state index >= 15 is 0 Å². The van der Waals surface area contributed by atoms with Gasteiger partial charge in [0.1, 0.15) is 6.23 Å². The second-order valence-corrected chi connectivity index (χ2v) is 2.77. The molecule has 0 saturated heterocycles. The Morgan fingerprint density at radius 3 is 2.25 bits per heavy atom. The number of alkyl halides is 5. The molecule has 1 unspecified atom stereocenters. The summed E-state index contributed by atoms with van der Waals surface area (Å²) in [5.74, 6) is -5.07. The van der Waals surface area contributed by atoms with E-state index in [9.17, 15) is 26.7 Å². The molecule has 0 radical (unpaired) electrons. The van der Waals surface area contributed by atoms with E-state index in [0.29, 0.717) is 0 Å². The molecule has 0 aliphatic rings. The van der Waals surface area contributed by atoms with Crippen molar-refractivity contribution in [3.05, 3.63) is 0 Å². The molecular formula is C7H10F5NO3. The fourth-order valence-corrected chi connectivity index (χ4v) is 0.523. The Morgan fingerprint density at radius 1 is 1.38 bits per heavy atom. The third kappa shape index (κ3) is 3.80. The van der Waals surface area contributed by atoms with Gasteiger partial charge in [-0.15, -0.1) is 0 Å². The van der Waals surface area contributed by atoms with Crippen LogP contribution >= 0.6 is 0 Å². The molecule has 0 spiro atoms. The topological polar surface area (TPSA) is 47.6 Å². The van der Waals surface area contributed by atoms with Gasteiger partial charge < -0.3 is 9.47 Å². The number of rotatable bonds is 5. The number of nitrogens with one attached hydrogen (secondary N) is 1. The van der Waals surface area contributed by atoms with Gasteiger partial charge in [0.15, 0.2) is 6.67 Å². The molecule has 9 heteroatoms. The summed E-state index contributed by atoms with van der Waals surface area (Å²) in [6, 6.07) is 0. The molecule has 1 N–H and O–H groups in total. The second-order valence-electron chi connectivity index (χ2n) is 2.77. The van der Waals surface area contributed by atoms with Crippen molar-refractivity contribution >= 4 is 6.09 Å². The highest BCUT2D eigenvalue weighted by atomic mass is 19.3. The molecule has 0 aromatic heterocycles. The van der Waals surface area contributed by atoms with E-state index in [1.54, 1.807) is 5.32 Å². The van der Waals surface area contributed by atoms with E-state index in [4.69, 9.17) is 0 Å². The van der Waals surface area contributed by atoms with Crippen LogP contribution in [0, 0.1) is 0 Å². The highest BCUT2D eigenvalue weighted by molar-refractivity contribution is 5.67. The van der Waals surface area contributed by atoms with E-state index in [1.807, 2.05) is 0 Å². The van der Waals surface area contributed by atoms with Crippen molar-refractivity contribution in [1.82, 2.24) is 5.32 Å². The highest BCUT2D eigenvalue weighted by Crippen LogP contribution is 2.35. The minimum Gasteiger partial charge on any atom is -0.379 e. The van der Waals surface area contributed by atoms with Crippen molar-refractivity contribution in [3.63, 3.8) is 0 Å². The van der Waals surface area contributed by atoms with Gasteiger partial charge >= 0.3 is 18.1 Å². The molecular weight excluding hydrogens is 241 g/mol. The molecule has 96 valence electrons. The number of alkyl carbamates (subject to hydrolysis) is 1. The van der Waals surface area contributed by atoms with Gasteiger partial charge in [0, 0.05) is 7.11 Å². The van der Waals surface area contributed by atoms with Crippen LogP contribution in [-0.2, 0) is 9.47 Å². The standard InChI is InChI=1S/C7H10F5NO3/c1-4(15-2)13-5(14)16-7(11,12)6(9,10)3-8/h4H,3H2,1-2H3,(H,13,14). The lowest BCUT2D eigenvalue weighted by Crippen LogP contribution is -2.48. The Morgan fingerprint density at radius 2 is 1.88 bits per heavy atom. The van der Waals surface area contributed by atoms with Gasteiger partial charge in [-0.2, -0.15) is 17.6 Å². The summed E-state index contributed by atoms with van der Waals surface area (Å²) in [4.78, 5) is 10.6. The predicted molar refractivity (Wildman–Crippen MR) is 42.0 cm³/mol. The van der Waals surface area contributed by atoms with Gasteiger partial charge in [0.05, 0.1) is 0 Å². The van der Waals surface area contributed by atoms with Crippen LogP contribution in [0.3, 0.4) is 0 Å². The van der Waals surface area contributed by atoms with E-state index in [1.165, 1.54) is 6.92 Å². The van der Waals surface area contributed by atoms with Gasteiger partial charge in [0.25, 0.3) is 0 Å². The summed E-state index contributed by atoms with van der Waals surface area (Å²) in [6.07, 6.45) is -8.07. The third-order valence-electron chi connectivity index (χ3n) is 1.49. The monoisotopic (exact) mass is 251 g/mol. The van der Waals surface area contributed by atoms with Crippen LogP contribution < -0.4 is 5.32 Å². The number of ether oxygens (including phenoxy) is 2. The number of carbonyl (C=O) groups excluding carboxylic acids is 1. The molecule has 0 rings (SSSR count). The fourth-order valence-electron chi connectivity index (χ4n) is 0.523. The number of methoxy groups -OCH3 is 1. The zero-order valence-electron chi connectivity index (χ0n) is 8.40.